The second-order valence-electron chi connectivity index (χ2n) is 6.17. The fraction of sp³-hybridized carbons (Fsp3) is 0.300. The number of pyridine rings is 2. The molecule has 2 heterocycles. The second-order valence-corrected chi connectivity index (χ2v) is 6.17. The zero-order chi connectivity index (χ0) is 17.5. The van der Waals surface area contributed by atoms with Crippen molar-refractivity contribution in [3.63, 3.8) is 0 Å². The third kappa shape index (κ3) is 4.90. The van der Waals surface area contributed by atoms with E-state index in [1.165, 1.54) is 6.42 Å². The van der Waals surface area contributed by atoms with E-state index in [0.717, 1.165) is 47.9 Å². The van der Waals surface area contributed by atoms with Crippen LogP contribution in [0, 0.1) is 0 Å². The molecule has 2 aromatic heterocycles. The molecule has 2 N–H and O–H groups in total. The standard InChI is InChI=1S/C20H25N5/c1-3-13-25(2)14-12-21-17-10-11-22-20(15-17)24-19-9-8-16-6-4-5-7-18(16)23-19/h4-11,15H,3,12-14H2,1-2H3,(H2,21,22,23,24). The highest BCUT2D eigenvalue weighted by Crippen LogP contribution is 2.19. The molecule has 0 bridgehead atoms. The largest absolute Gasteiger partial charge is 0.384 e. The van der Waals surface area contributed by atoms with Gasteiger partial charge in [0.1, 0.15) is 11.6 Å². The molecular weight excluding hydrogens is 310 g/mol. The average Bonchev–Trinajstić information content (AvgIpc) is 2.62. The van der Waals surface area contributed by atoms with Crippen LogP contribution in [0.15, 0.2) is 54.7 Å². The van der Waals surface area contributed by atoms with Gasteiger partial charge in [0.05, 0.1) is 5.52 Å². The van der Waals surface area contributed by atoms with Crippen molar-refractivity contribution in [2.75, 3.05) is 37.3 Å². The number of para-hydroxylation sites is 1. The molecule has 0 amide bonds. The van der Waals surface area contributed by atoms with Gasteiger partial charge in [-0.25, -0.2) is 9.97 Å². The van der Waals surface area contributed by atoms with Crippen LogP contribution >= 0.6 is 0 Å². The molecule has 3 aromatic rings. The Kier molecular flexibility index (Phi) is 5.80. The van der Waals surface area contributed by atoms with Crippen LogP contribution in [-0.4, -0.2) is 41.5 Å². The zero-order valence-electron chi connectivity index (χ0n) is 14.9. The van der Waals surface area contributed by atoms with Gasteiger partial charge in [-0.15, -0.1) is 0 Å². The van der Waals surface area contributed by atoms with Gasteiger partial charge in [-0.2, -0.15) is 0 Å². The number of fused-ring (bicyclic) bond motifs is 1. The number of rotatable bonds is 8. The Bertz CT molecular complexity index is 818. The van der Waals surface area contributed by atoms with Gasteiger partial charge in [0.25, 0.3) is 0 Å². The van der Waals surface area contributed by atoms with Crippen LogP contribution in [0.25, 0.3) is 10.9 Å². The number of nitrogens with one attached hydrogen (secondary N) is 2. The first-order chi connectivity index (χ1) is 12.2. The second kappa shape index (κ2) is 8.44. The van der Waals surface area contributed by atoms with Crippen molar-refractivity contribution < 1.29 is 0 Å². The molecule has 0 unspecified atom stereocenters. The molecule has 0 saturated heterocycles. The van der Waals surface area contributed by atoms with Crippen molar-refractivity contribution in [1.29, 1.82) is 0 Å². The molecule has 0 aliphatic carbocycles. The Hall–Kier alpha value is -2.66. The highest BCUT2D eigenvalue weighted by Gasteiger charge is 2.02. The van der Waals surface area contributed by atoms with E-state index in [1.807, 2.05) is 42.6 Å². The maximum Gasteiger partial charge on any atom is 0.133 e. The minimum Gasteiger partial charge on any atom is -0.384 e. The van der Waals surface area contributed by atoms with E-state index in [4.69, 9.17) is 0 Å². The molecule has 3 rings (SSSR count). The van der Waals surface area contributed by atoms with Gasteiger partial charge in [-0.1, -0.05) is 25.1 Å². The monoisotopic (exact) mass is 335 g/mol. The minimum absolute atomic E-state index is 0.787. The van der Waals surface area contributed by atoms with E-state index in [2.05, 4.69) is 51.6 Å². The molecule has 1 aromatic carbocycles. The molecular formula is C20H25N5. The first-order valence-electron chi connectivity index (χ1n) is 8.76. The first kappa shape index (κ1) is 17.2. The quantitative estimate of drug-likeness (QED) is 0.648. The van der Waals surface area contributed by atoms with Crippen LogP contribution in [0.2, 0.25) is 0 Å². The van der Waals surface area contributed by atoms with Crippen LogP contribution in [-0.2, 0) is 0 Å². The number of likely N-dealkylation sites (N-methyl/N-ethyl adjacent to an activating group) is 1. The zero-order valence-corrected chi connectivity index (χ0v) is 14.9. The summed E-state index contributed by atoms with van der Waals surface area (Å²) in [5.41, 5.74) is 2.03. The predicted octanol–water partition coefficient (Wildman–Crippen LogP) is 4.13. The number of aromatic nitrogens is 2. The summed E-state index contributed by atoms with van der Waals surface area (Å²) in [6, 6.07) is 16.1. The van der Waals surface area contributed by atoms with Crippen LogP contribution in [0.3, 0.4) is 0 Å². The lowest BCUT2D eigenvalue weighted by molar-refractivity contribution is 0.348. The van der Waals surface area contributed by atoms with Gasteiger partial charge in [0.15, 0.2) is 0 Å². The van der Waals surface area contributed by atoms with Crippen LogP contribution in [0.4, 0.5) is 17.3 Å². The summed E-state index contributed by atoms with van der Waals surface area (Å²) in [4.78, 5) is 11.3. The van der Waals surface area contributed by atoms with E-state index in [-0.39, 0.29) is 0 Å². The number of hydrogen-bond acceptors (Lipinski definition) is 5. The predicted molar refractivity (Wildman–Crippen MR) is 106 cm³/mol. The Morgan fingerprint density at radius 1 is 1.00 bits per heavy atom. The molecule has 0 aliphatic rings. The summed E-state index contributed by atoms with van der Waals surface area (Å²) in [5, 5.41) is 7.86. The van der Waals surface area contributed by atoms with Crippen LogP contribution < -0.4 is 10.6 Å². The fourth-order valence-corrected chi connectivity index (χ4v) is 2.76. The normalized spacial score (nSPS) is 11.0. The Morgan fingerprint density at radius 3 is 2.76 bits per heavy atom. The molecule has 0 spiro atoms. The highest BCUT2D eigenvalue weighted by atomic mass is 15.1. The van der Waals surface area contributed by atoms with Crippen molar-refractivity contribution in [3.8, 4) is 0 Å². The van der Waals surface area contributed by atoms with Gasteiger partial charge in [0.2, 0.25) is 0 Å². The average molecular weight is 335 g/mol. The summed E-state index contributed by atoms with van der Waals surface area (Å²) < 4.78 is 0. The summed E-state index contributed by atoms with van der Waals surface area (Å²) >= 11 is 0. The lowest BCUT2D eigenvalue weighted by Crippen LogP contribution is -2.25. The van der Waals surface area contributed by atoms with Gasteiger partial charge >= 0.3 is 0 Å². The van der Waals surface area contributed by atoms with Crippen molar-refractivity contribution >= 4 is 28.2 Å². The summed E-state index contributed by atoms with van der Waals surface area (Å²) in [7, 11) is 2.15. The minimum atomic E-state index is 0.787. The SMILES string of the molecule is CCCN(C)CCNc1ccnc(Nc2ccc3ccccc3n2)c1. The van der Waals surface area contributed by atoms with E-state index in [0.29, 0.717) is 0 Å². The lowest BCUT2D eigenvalue weighted by atomic mass is 10.2. The highest BCUT2D eigenvalue weighted by molar-refractivity contribution is 5.80. The van der Waals surface area contributed by atoms with Crippen molar-refractivity contribution in [1.82, 2.24) is 14.9 Å². The summed E-state index contributed by atoms with van der Waals surface area (Å²) in [5.74, 6) is 1.58. The molecule has 5 nitrogen and oxygen atoms in total. The summed E-state index contributed by atoms with van der Waals surface area (Å²) in [6.07, 6.45) is 2.99. The molecule has 0 radical (unpaired) electrons. The fourth-order valence-electron chi connectivity index (χ4n) is 2.76. The van der Waals surface area contributed by atoms with E-state index >= 15 is 0 Å². The van der Waals surface area contributed by atoms with Gasteiger partial charge in [-0.3, -0.25) is 0 Å². The van der Waals surface area contributed by atoms with Gasteiger partial charge in [-0.05, 0) is 44.3 Å². The molecule has 130 valence electrons. The number of hydrogen-bond donors (Lipinski definition) is 2. The first-order valence-corrected chi connectivity index (χ1v) is 8.76. The van der Waals surface area contributed by atoms with E-state index in [1.54, 1.807) is 0 Å². The van der Waals surface area contributed by atoms with E-state index < -0.39 is 0 Å². The van der Waals surface area contributed by atoms with Gasteiger partial charge < -0.3 is 15.5 Å². The van der Waals surface area contributed by atoms with Crippen molar-refractivity contribution in [2.24, 2.45) is 0 Å². The van der Waals surface area contributed by atoms with Crippen LogP contribution in [0.5, 0.6) is 0 Å². The Labute approximate surface area is 149 Å². The number of anilines is 3. The summed E-state index contributed by atoms with van der Waals surface area (Å²) in [6.45, 7) is 5.25. The van der Waals surface area contributed by atoms with Gasteiger partial charge in [0, 0.05) is 36.4 Å². The number of nitrogens with zero attached hydrogens (tertiary/aromatic N) is 3. The van der Waals surface area contributed by atoms with Crippen molar-refractivity contribution in [3.05, 3.63) is 54.7 Å². The smallest absolute Gasteiger partial charge is 0.133 e. The molecule has 0 atom stereocenters. The molecule has 0 aliphatic heterocycles. The molecule has 5 heteroatoms. The molecule has 0 saturated carbocycles. The molecule has 0 fully saturated rings. The third-order valence-corrected chi connectivity index (χ3v) is 4.04. The maximum absolute atomic E-state index is 4.63. The van der Waals surface area contributed by atoms with Crippen LogP contribution in [0.1, 0.15) is 13.3 Å². The third-order valence-electron chi connectivity index (χ3n) is 4.04. The van der Waals surface area contributed by atoms with Crippen molar-refractivity contribution in [2.45, 2.75) is 13.3 Å². The topological polar surface area (TPSA) is 53.1 Å². The number of benzene rings is 1. The maximum atomic E-state index is 4.63. The Balaban J connectivity index is 1.62. The Morgan fingerprint density at radius 2 is 1.88 bits per heavy atom. The lowest BCUT2D eigenvalue weighted by Gasteiger charge is -2.16. The molecule has 25 heavy (non-hydrogen) atoms. The van der Waals surface area contributed by atoms with E-state index in [9.17, 15) is 0 Å².